The molecule has 1 heterocycles. The van der Waals surface area contributed by atoms with Crippen molar-refractivity contribution in [2.45, 2.75) is 13.8 Å². The van der Waals surface area contributed by atoms with Crippen LogP contribution in [0, 0.1) is 25.2 Å². The number of aromatic nitrogens is 2. The monoisotopic (exact) mass is 269 g/mol. The van der Waals surface area contributed by atoms with E-state index in [1.165, 1.54) is 12.1 Å². The second-order valence-electron chi connectivity index (χ2n) is 4.17. The quantitative estimate of drug-likeness (QED) is 0.919. The minimum Gasteiger partial charge on any atom is -0.478 e. The minimum absolute atomic E-state index is 0.0593. The van der Waals surface area contributed by atoms with Gasteiger partial charge in [-0.2, -0.15) is 10.2 Å². The number of carboxylic acid groups (broad SMARTS) is 1. The van der Waals surface area contributed by atoms with E-state index in [-0.39, 0.29) is 17.3 Å². The van der Waals surface area contributed by atoms with Crippen molar-refractivity contribution in [3.63, 3.8) is 0 Å². The van der Waals surface area contributed by atoms with Crippen molar-refractivity contribution in [2.75, 3.05) is 0 Å². The molecule has 0 unspecified atom stereocenters. The number of rotatable bonds is 3. The molecule has 0 aliphatic rings. The molecule has 6 nitrogen and oxygen atoms in total. The fourth-order valence-electron chi connectivity index (χ4n) is 1.69. The molecule has 6 heteroatoms. The largest absolute Gasteiger partial charge is 0.478 e. The van der Waals surface area contributed by atoms with Crippen molar-refractivity contribution in [3.05, 3.63) is 46.8 Å². The van der Waals surface area contributed by atoms with Gasteiger partial charge < -0.3 is 9.84 Å². The van der Waals surface area contributed by atoms with Gasteiger partial charge in [-0.1, -0.05) is 0 Å². The number of carbonyl (C=O) groups is 1. The third kappa shape index (κ3) is 2.90. The van der Waals surface area contributed by atoms with Gasteiger partial charge in [0.1, 0.15) is 17.5 Å². The zero-order chi connectivity index (χ0) is 14.7. The first-order valence-electron chi connectivity index (χ1n) is 5.77. The van der Waals surface area contributed by atoms with Gasteiger partial charge in [0.25, 0.3) is 0 Å². The lowest BCUT2D eigenvalue weighted by Gasteiger charge is -2.07. The van der Waals surface area contributed by atoms with E-state index in [2.05, 4.69) is 9.97 Å². The zero-order valence-electron chi connectivity index (χ0n) is 10.9. The van der Waals surface area contributed by atoms with Crippen LogP contribution < -0.4 is 4.74 Å². The third-order valence-electron chi connectivity index (χ3n) is 2.59. The summed E-state index contributed by atoms with van der Waals surface area (Å²) in [6.45, 7) is 3.41. The highest BCUT2D eigenvalue weighted by atomic mass is 16.5. The second kappa shape index (κ2) is 5.36. The summed E-state index contributed by atoms with van der Waals surface area (Å²) >= 11 is 0. The van der Waals surface area contributed by atoms with Crippen LogP contribution in [0.2, 0.25) is 0 Å². The van der Waals surface area contributed by atoms with Gasteiger partial charge in [0, 0.05) is 5.69 Å². The summed E-state index contributed by atoms with van der Waals surface area (Å²) in [5.41, 5.74) is 1.61. The summed E-state index contributed by atoms with van der Waals surface area (Å²) in [7, 11) is 0. The predicted molar refractivity (Wildman–Crippen MR) is 69.7 cm³/mol. The molecule has 0 radical (unpaired) electrons. The van der Waals surface area contributed by atoms with Crippen molar-refractivity contribution in [2.24, 2.45) is 0 Å². The molecule has 0 fully saturated rings. The molecular weight excluding hydrogens is 258 g/mol. The molecule has 0 spiro atoms. The fraction of sp³-hybridized carbons (Fsp3) is 0.143. The average molecular weight is 269 g/mol. The van der Waals surface area contributed by atoms with Gasteiger partial charge in [-0.25, -0.2) is 9.78 Å². The van der Waals surface area contributed by atoms with Gasteiger partial charge in [-0.15, -0.1) is 0 Å². The van der Waals surface area contributed by atoms with Gasteiger partial charge in [0.15, 0.2) is 0 Å². The summed E-state index contributed by atoms with van der Waals surface area (Å²) in [4.78, 5) is 18.9. The Balaban J connectivity index is 2.31. The number of carboxylic acids is 1. The Hall–Kier alpha value is -2.94. The number of aromatic carboxylic acids is 1. The average Bonchev–Trinajstić information content (AvgIpc) is 2.37. The van der Waals surface area contributed by atoms with E-state index in [1.54, 1.807) is 26.0 Å². The van der Waals surface area contributed by atoms with Crippen LogP contribution >= 0.6 is 0 Å². The van der Waals surface area contributed by atoms with Crippen molar-refractivity contribution in [1.29, 1.82) is 5.26 Å². The van der Waals surface area contributed by atoms with E-state index in [0.29, 0.717) is 17.0 Å². The smallest absolute Gasteiger partial charge is 0.335 e. The number of nitriles is 1. The molecule has 0 atom stereocenters. The molecule has 20 heavy (non-hydrogen) atoms. The number of hydrogen-bond acceptors (Lipinski definition) is 5. The molecule has 0 aliphatic carbocycles. The van der Waals surface area contributed by atoms with Crippen LogP contribution in [0.25, 0.3) is 0 Å². The summed E-state index contributed by atoms with van der Waals surface area (Å²) in [5, 5.41) is 17.8. The molecule has 0 saturated carbocycles. The Morgan fingerprint density at radius 1 is 1.30 bits per heavy atom. The Bertz CT molecular complexity index is 720. The molecule has 1 aromatic carbocycles. The Labute approximate surface area is 115 Å². The molecule has 2 rings (SSSR count). The highest BCUT2D eigenvalue weighted by Crippen LogP contribution is 2.22. The van der Waals surface area contributed by atoms with E-state index in [0.717, 1.165) is 0 Å². The molecule has 0 bridgehead atoms. The van der Waals surface area contributed by atoms with E-state index >= 15 is 0 Å². The lowest BCUT2D eigenvalue weighted by molar-refractivity contribution is 0.0696. The van der Waals surface area contributed by atoms with Crippen LogP contribution in [0.15, 0.2) is 24.3 Å². The van der Waals surface area contributed by atoms with Crippen LogP contribution in [0.1, 0.15) is 27.3 Å². The highest BCUT2D eigenvalue weighted by molar-refractivity contribution is 5.89. The number of benzene rings is 1. The Morgan fingerprint density at radius 3 is 2.65 bits per heavy atom. The van der Waals surface area contributed by atoms with Crippen molar-refractivity contribution in [1.82, 2.24) is 9.97 Å². The van der Waals surface area contributed by atoms with Crippen LogP contribution in [-0.4, -0.2) is 21.0 Å². The van der Waals surface area contributed by atoms with Gasteiger partial charge in [0.05, 0.1) is 5.56 Å². The summed E-state index contributed by atoms with van der Waals surface area (Å²) in [6.07, 6.45) is 0. The van der Waals surface area contributed by atoms with Crippen molar-refractivity contribution in [3.8, 4) is 17.8 Å². The fourth-order valence-corrected chi connectivity index (χ4v) is 1.69. The van der Waals surface area contributed by atoms with E-state index < -0.39 is 5.97 Å². The molecule has 0 aliphatic heterocycles. The molecule has 1 N–H and O–H groups in total. The molecule has 100 valence electrons. The van der Waals surface area contributed by atoms with Crippen LogP contribution in [0.5, 0.6) is 11.8 Å². The van der Waals surface area contributed by atoms with Crippen LogP contribution in [0.3, 0.4) is 0 Å². The number of ether oxygens (including phenoxy) is 1. The lowest BCUT2D eigenvalue weighted by Crippen LogP contribution is -2.00. The van der Waals surface area contributed by atoms with E-state index in [4.69, 9.17) is 15.1 Å². The topological polar surface area (TPSA) is 96.1 Å². The number of aryl methyl sites for hydroxylation is 2. The second-order valence-corrected chi connectivity index (χ2v) is 4.17. The minimum atomic E-state index is -0.993. The molecular formula is C14H11N3O3. The highest BCUT2D eigenvalue weighted by Gasteiger charge is 2.09. The standard InChI is InChI=1S/C14H11N3O3/c1-8-5-11(3-4-12(8)13(18)19)20-14-16-9(2)6-10(7-15)17-14/h3-6H,1-2H3,(H,18,19). The van der Waals surface area contributed by atoms with Crippen LogP contribution in [-0.2, 0) is 0 Å². The lowest BCUT2D eigenvalue weighted by atomic mass is 10.1. The Morgan fingerprint density at radius 2 is 2.05 bits per heavy atom. The van der Waals surface area contributed by atoms with Crippen LogP contribution in [0.4, 0.5) is 0 Å². The van der Waals surface area contributed by atoms with Gasteiger partial charge >= 0.3 is 12.0 Å². The predicted octanol–water partition coefficient (Wildman–Crippen LogP) is 2.46. The normalized spacial score (nSPS) is 9.85. The number of hydrogen-bond donors (Lipinski definition) is 1. The number of nitrogens with zero attached hydrogens (tertiary/aromatic N) is 3. The third-order valence-corrected chi connectivity index (χ3v) is 2.59. The molecule has 2 aromatic rings. The van der Waals surface area contributed by atoms with Gasteiger partial charge in [-0.3, -0.25) is 0 Å². The summed E-state index contributed by atoms with van der Waals surface area (Å²) in [5.74, 6) is -0.574. The Kier molecular flexibility index (Phi) is 3.62. The first kappa shape index (κ1) is 13.5. The summed E-state index contributed by atoms with van der Waals surface area (Å²) in [6, 6.07) is 8.09. The maximum absolute atomic E-state index is 10.9. The van der Waals surface area contributed by atoms with E-state index in [9.17, 15) is 4.79 Å². The first-order valence-corrected chi connectivity index (χ1v) is 5.77. The molecule has 0 amide bonds. The molecule has 1 aromatic heterocycles. The summed E-state index contributed by atoms with van der Waals surface area (Å²) < 4.78 is 5.45. The first-order chi connectivity index (χ1) is 9.49. The van der Waals surface area contributed by atoms with Gasteiger partial charge in [0.2, 0.25) is 0 Å². The van der Waals surface area contributed by atoms with Crippen molar-refractivity contribution >= 4 is 5.97 Å². The molecule has 0 saturated heterocycles. The van der Waals surface area contributed by atoms with Crippen molar-refractivity contribution < 1.29 is 14.6 Å². The zero-order valence-corrected chi connectivity index (χ0v) is 10.9. The SMILES string of the molecule is Cc1cc(C#N)nc(Oc2ccc(C(=O)O)c(C)c2)n1. The van der Waals surface area contributed by atoms with E-state index in [1.807, 2.05) is 6.07 Å². The maximum atomic E-state index is 10.9. The van der Waals surface area contributed by atoms with Gasteiger partial charge in [-0.05, 0) is 43.7 Å². The maximum Gasteiger partial charge on any atom is 0.335 e.